The van der Waals surface area contributed by atoms with E-state index in [2.05, 4.69) is 18.5 Å². The van der Waals surface area contributed by atoms with Gasteiger partial charge in [0.25, 0.3) is 0 Å². The maximum absolute atomic E-state index is 13.0. The third-order valence-electron chi connectivity index (χ3n) is 5.58. The second kappa shape index (κ2) is 13.5. The predicted molar refractivity (Wildman–Crippen MR) is 123 cm³/mol. The quantitative estimate of drug-likeness (QED) is 0.278. The summed E-state index contributed by atoms with van der Waals surface area (Å²) in [5.74, 6) is -1.33. The molecule has 1 aliphatic heterocycles. The Labute approximate surface area is 190 Å². The predicted octanol–water partition coefficient (Wildman–Crippen LogP) is 2.53. The maximum atomic E-state index is 13.0. The number of aliphatic hydroxyl groups excluding tert-OH is 1. The summed E-state index contributed by atoms with van der Waals surface area (Å²) in [6.45, 7) is 7.87. The standard InChI is InChI=1S/C25H34N2O5/c1-3-5-6-12-24(30)32-14-13-26-25(31)20(9-4-2)16-23(29)27-17-21-11-8-7-10-19(21)15-22(27)18-28/h3-4,7-8,10-11,20,22,28H,1-2,5-6,9,12-18H2,(H,26,31)/t20-,22+/m1/s1. The van der Waals surface area contributed by atoms with Crippen LogP contribution in [0.4, 0.5) is 0 Å². The van der Waals surface area contributed by atoms with Crippen LogP contribution in [-0.4, -0.2) is 53.6 Å². The molecule has 32 heavy (non-hydrogen) atoms. The number of carbonyl (C=O) groups is 3. The molecule has 0 fully saturated rings. The highest BCUT2D eigenvalue weighted by Crippen LogP contribution is 2.25. The van der Waals surface area contributed by atoms with Crippen molar-refractivity contribution in [3.63, 3.8) is 0 Å². The molecule has 7 nitrogen and oxygen atoms in total. The van der Waals surface area contributed by atoms with Crippen LogP contribution in [0.3, 0.4) is 0 Å². The lowest BCUT2D eigenvalue weighted by Crippen LogP contribution is -2.47. The van der Waals surface area contributed by atoms with Gasteiger partial charge in [-0.15, -0.1) is 13.2 Å². The minimum Gasteiger partial charge on any atom is -0.464 e. The molecule has 0 unspecified atom stereocenters. The van der Waals surface area contributed by atoms with Crippen molar-refractivity contribution in [2.24, 2.45) is 5.92 Å². The Morgan fingerprint density at radius 3 is 2.66 bits per heavy atom. The van der Waals surface area contributed by atoms with Crippen LogP contribution in [0.2, 0.25) is 0 Å². The van der Waals surface area contributed by atoms with Crippen molar-refractivity contribution < 1.29 is 24.2 Å². The number of hydrogen-bond donors (Lipinski definition) is 2. The van der Waals surface area contributed by atoms with Crippen molar-refractivity contribution in [1.82, 2.24) is 10.2 Å². The number of benzene rings is 1. The molecule has 174 valence electrons. The molecule has 0 radical (unpaired) electrons. The summed E-state index contributed by atoms with van der Waals surface area (Å²) in [6, 6.07) is 7.58. The van der Waals surface area contributed by atoms with E-state index in [0.717, 1.165) is 17.5 Å². The Balaban J connectivity index is 1.86. The number of unbranched alkanes of at least 4 members (excludes halogenated alkanes) is 1. The summed E-state index contributed by atoms with van der Waals surface area (Å²) in [4.78, 5) is 38.9. The number of fused-ring (bicyclic) bond motifs is 1. The number of aliphatic hydroxyl groups is 1. The Morgan fingerprint density at radius 1 is 1.22 bits per heavy atom. The molecule has 2 atom stereocenters. The molecule has 1 aliphatic rings. The molecule has 7 heteroatoms. The summed E-state index contributed by atoms with van der Waals surface area (Å²) >= 11 is 0. The monoisotopic (exact) mass is 442 g/mol. The fourth-order valence-corrected chi connectivity index (χ4v) is 3.80. The van der Waals surface area contributed by atoms with Gasteiger partial charge in [-0.3, -0.25) is 14.4 Å². The minimum atomic E-state index is -0.570. The van der Waals surface area contributed by atoms with E-state index in [1.165, 1.54) is 0 Å². The van der Waals surface area contributed by atoms with Crippen molar-refractivity contribution >= 4 is 17.8 Å². The Bertz CT molecular complexity index is 807. The first-order valence-electron chi connectivity index (χ1n) is 11.1. The van der Waals surface area contributed by atoms with Gasteiger partial charge in [-0.1, -0.05) is 36.4 Å². The van der Waals surface area contributed by atoms with E-state index in [9.17, 15) is 19.5 Å². The van der Waals surface area contributed by atoms with E-state index in [-0.39, 0.29) is 50.0 Å². The molecule has 0 saturated heterocycles. The zero-order chi connectivity index (χ0) is 23.3. The van der Waals surface area contributed by atoms with Crippen LogP contribution in [0, 0.1) is 5.92 Å². The van der Waals surface area contributed by atoms with Gasteiger partial charge in [-0.05, 0) is 36.8 Å². The summed E-state index contributed by atoms with van der Waals surface area (Å²) in [5, 5.41) is 12.5. The number of hydrogen-bond acceptors (Lipinski definition) is 5. The molecule has 2 rings (SSSR count). The highest BCUT2D eigenvalue weighted by molar-refractivity contribution is 5.86. The Hall–Kier alpha value is -2.93. The van der Waals surface area contributed by atoms with Crippen LogP contribution in [0.25, 0.3) is 0 Å². The Kier molecular flexibility index (Phi) is 10.7. The maximum Gasteiger partial charge on any atom is 0.305 e. The zero-order valence-electron chi connectivity index (χ0n) is 18.6. The van der Waals surface area contributed by atoms with Gasteiger partial charge in [0.2, 0.25) is 11.8 Å². The highest BCUT2D eigenvalue weighted by atomic mass is 16.5. The smallest absolute Gasteiger partial charge is 0.305 e. The fraction of sp³-hybridized carbons (Fsp3) is 0.480. The van der Waals surface area contributed by atoms with Crippen molar-refractivity contribution in [2.75, 3.05) is 19.8 Å². The van der Waals surface area contributed by atoms with Crippen molar-refractivity contribution in [3.8, 4) is 0 Å². The van der Waals surface area contributed by atoms with Crippen molar-refractivity contribution in [3.05, 3.63) is 60.7 Å². The SMILES string of the molecule is C=CCCCC(=O)OCCNC(=O)[C@H](CC=C)CC(=O)N1Cc2ccccc2C[C@H]1CO. The molecule has 2 N–H and O–H groups in total. The highest BCUT2D eigenvalue weighted by Gasteiger charge is 2.31. The van der Waals surface area contributed by atoms with Crippen LogP contribution in [0.5, 0.6) is 0 Å². The average Bonchev–Trinajstić information content (AvgIpc) is 2.80. The normalized spacial score (nSPS) is 15.9. The molecule has 0 aliphatic carbocycles. The van der Waals surface area contributed by atoms with Gasteiger partial charge in [0, 0.05) is 19.4 Å². The minimum absolute atomic E-state index is 0.0257. The molecule has 0 bridgehead atoms. The molecule has 1 aromatic carbocycles. The van der Waals surface area contributed by atoms with E-state index in [1.807, 2.05) is 24.3 Å². The number of nitrogens with one attached hydrogen (secondary N) is 1. The van der Waals surface area contributed by atoms with Crippen LogP contribution in [0.1, 0.15) is 43.2 Å². The Morgan fingerprint density at radius 2 is 1.97 bits per heavy atom. The number of amides is 2. The van der Waals surface area contributed by atoms with E-state index < -0.39 is 5.92 Å². The first-order chi connectivity index (χ1) is 15.5. The van der Waals surface area contributed by atoms with Crippen molar-refractivity contribution in [2.45, 2.75) is 51.1 Å². The van der Waals surface area contributed by atoms with Crippen molar-refractivity contribution in [1.29, 1.82) is 0 Å². The third kappa shape index (κ3) is 7.64. The zero-order valence-corrected chi connectivity index (χ0v) is 18.6. The van der Waals surface area contributed by atoms with Crippen LogP contribution >= 0.6 is 0 Å². The van der Waals surface area contributed by atoms with Gasteiger partial charge in [0.05, 0.1) is 25.1 Å². The van der Waals surface area contributed by atoms with Gasteiger partial charge < -0.3 is 20.1 Å². The second-order valence-electron chi connectivity index (χ2n) is 7.95. The first-order valence-corrected chi connectivity index (χ1v) is 11.1. The van der Waals surface area contributed by atoms with Gasteiger partial charge in [0.15, 0.2) is 0 Å². The van der Waals surface area contributed by atoms with Gasteiger partial charge in [-0.2, -0.15) is 0 Å². The number of rotatable bonds is 13. The number of allylic oxidation sites excluding steroid dienone is 2. The van der Waals surface area contributed by atoms with Crippen LogP contribution in [-0.2, 0) is 32.1 Å². The lowest BCUT2D eigenvalue weighted by atomic mass is 9.92. The molecular weight excluding hydrogens is 408 g/mol. The molecule has 0 spiro atoms. The summed E-state index contributed by atoms with van der Waals surface area (Å²) < 4.78 is 5.11. The second-order valence-corrected chi connectivity index (χ2v) is 7.95. The number of esters is 1. The summed E-state index contributed by atoms with van der Waals surface area (Å²) in [7, 11) is 0. The van der Waals surface area contributed by atoms with Gasteiger partial charge in [0.1, 0.15) is 6.61 Å². The topological polar surface area (TPSA) is 95.9 Å². The molecule has 1 aromatic rings. The number of carbonyl (C=O) groups excluding carboxylic acids is 3. The van der Waals surface area contributed by atoms with Gasteiger partial charge in [-0.25, -0.2) is 0 Å². The lowest BCUT2D eigenvalue weighted by Gasteiger charge is -2.36. The molecular formula is C25H34N2O5. The first kappa shape index (κ1) is 25.3. The van der Waals surface area contributed by atoms with E-state index in [1.54, 1.807) is 17.1 Å². The van der Waals surface area contributed by atoms with E-state index in [0.29, 0.717) is 32.2 Å². The summed E-state index contributed by atoms with van der Waals surface area (Å²) in [6.07, 6.45) is 6.10. The molecule has 1 heterocycles. The average molecular weight is 443 g/mol. The van der Waals surface area contributed by atoms with Gasteiger partial charge >= 0.3 is 5.97 Å². The number of ether oxygens (including phenoxy) is 1. The third-order valence-corrected chi connectivity index (χ3v) is 5.58. The van der Waals surface area contributed by atoms with E-state index in [4.69, 9.17) is 4.74 Å². The molecule has 2 amide bonds. The number of nitrogens with zero attached hydrogens (tertiary/aromatic N) is 1. The van der Waals surface area contributed by atoms with Crippen LogP contribution in [0.15, 0.2) is 49.6 Å². The van der Waals surface area contributed by atoms with E-state index >= 15 is 0 Å². The fourth-order valence-electron chi connectivity index (χ4n) is 3.80. The lowest BCUT2D eigenvalue weighted by molar-refractivity contribution is -0.144. The molecule has 0 saturated carbocycles. The summed E-state index contributed by atoms with van der Waals surface area (Å²) in [5.41, 5.74) is 2.19. The largest absolute Gasteiger partial charge is 0.464 e. The van der Waals surface area contributed by atoms with Crippen LogP contribution < -0.4 is 5.32 Å². The molecule has 0 aromatic heterocycles.